The Bertz CT molecular complexity index is 786. The highest BCUT2D eigenvalue weighted by Crippen LogP contribution is 2.60. The second-order valence-electron chi connectivity index (χ2n) is 13.9. The van der Waals surface area contributed by atoms with Gasteiger partial charge in [-0.05, 0) is 118 Å². The molecule has 0 bridgehead atoms. The van der Waals surface area contributed by atoms with Gasteiger partial charge in [-0.15, -0.1) is 0 Å². The van der Waals surface area contributed by atoms with Crippen molar-refractivity contribution in [2.75, 3.05) is 0 Å². The fourth-order valence-electron chi connectivity index (χ4n) is 8.28. The van der Waals surface area contributed by atoms with Crippen LogP contribution in [0.1, 0.15) is 100 Å². The van der Waals surface area contributed by atoms with E-state index in [1.54, 1.807) is 0 Å². The molecule has 0 radical (unpaired) electrons. The summed E-state index contributed by atoms with van der Waals surface area (Å²) in [6, 6.07) is 0. The van der Waals surface area contributed by atoms with Gasteiger partial charge >= 0.3 is 11.9 Å². The van der Waals surface area contributed by atoms with Crippen LogP contribution in [0.15, 0.2) is 0 Å². The lowest BCUT2D eigenvalue weighted by molar-refractivity contribution is -0.272. The van der Waals surface area contributed by atoms with Gasteiger partial charge in [-0.25, -0.2) is 0 Å². The van der Waals surface area contributed by atoms with Gasteiger partial charge in [-0.2, -0.15) is 10.1 Å². The number of piperidine rings is 2. The third-order valence-electron chi connectivity index (χ3n) is 9.46. The molecule has 4 N–H and O–H groups in total. The summed E-state index contributed by atoms with van der Waals surface area (Å²) in [5.41, 5.74) is -3.39. The normalized spacial score (nSPS) is 36.8. The first-order valence-corrected chi connectivity index (χ1v) is 12.7. The molecule has 0 aromatic carbocycles. The van der Waals surface area contributed by atoms with Crippen LogP contribution in [-0.4, -0.2) is 64.8 Å². The van der Waals surface area contributed by atoms with E-state index in [9.17, 15) is 30.2 Å². The number of carbonyl (C=O) groups is 2. The lowest BCUT2D eigenvalue weighted by Crippen LogP contribution is -2.65. The maximum absolute atomic E-state index is 13.3. The lowest BCUT2D eigenvalue weighted by atomic mass is 9.48. The molecule has 196 valence electrons. The van der Waals surface area contributed by atoms with E-state index in [0.717, 1.165) is 0 Å². The molecule has 1 unspecified atom stereocenters. The summed E-state index contributed by atoms with van der Waals surface area (Å²) in [6.45, 7) is 15.7. The number of carboxylic acids is 2. The van der Waals surface area contributed by atoms with Crippen LogP contribution < -0.4 is 0 Å². The number of aliphatic carboxylic acids is 2. The first-order valence-electron chi connectivity index (χ1n) is 12.7. The minimum Gasteiger partial charge on any atom is -0.481 e. The van der Waals surface area contributed by atoms with Crippen molar-refractivity contribution >= 4 is 11.9 Å². The van der Waals surface area contributed by atoms with Crippen molar-refractivity contribution in [3.63, 3.8) is 0 Å². The molecule has 1 aliphatic carbocycles. The van der Waals surface area contributed by atoms with Crippen LogP contribution in [0.2, 0.25) is 0 Å². The second-order valence-corrected chi connectivity index (χ2v) is 13.9. The van der Waals surface area contributed by atoms with E-state index in [1.807, 2.05) is 55.4 Å². The Hall–Kier alpha value is -1.22. The van der Waals surface area contributed by atoms with E-state index in [0.29, 0.717) is 44.9 Å². The van der Waals surface area contributed by atoms with E-state index in [-0.39, 0.29) is 17.8 Å². The minimum absolute atomic E-state index is 0.0370. The Balaban J connectivity index is 2.12. The zero-order chi connectivity index (χ0) is 26.1. The molecule has 2 saturated heterocycles. The van der Waals surface area contributed by atoms with E-state index >= 15 is 0 Å². The molecule has 0 spiro atoms. The smallest absolute Gasteiger partial charge is 0.310 e. The number of hydroxylamine groups is 4. The molecule has 0 aromatic heterocycles. The van der Waals surface area contributed by atoms with Crippen LogP contribution >= 0.6 is 0 Å². The van der Waals surface area contributed by atoms with Crippen LogP contribution in [0.4, 0.5) is 0 Å². The predicted octanol–water partition coefficient (Wildman–Crippen LogP) is 4.88. The average molecular weight is 483 g/mol. The molecule has 0 amide bonds. The summed E-state index contributed by atoms with van der Waals surface area (Å²) in [5.74, 6) is -2.82. The van der Waals surface area contributed by atoms with Gasteiger partial charge in [-0.1, -0.05) is 0 Å². The Morgan fingerprint density at radius 3 is 1.53 bits per heavy atom. The SMILES string of the molecule is CC1(C)CC([C@@H]2CC(C(=O)O)CC[C@]2(C(=O)O)C2CC(C)(C)N(O)C(C)(C)C2)CC(C)(C)N1O. The number of hydrogen-bond donors (Lipinski definition) is 4. The summed E-state index contributed by atoms with van der Waals surface area (Å²) >= 11 is 0. The summed E-state index contributed by atoms with van der Waals surface area (Å²) in [6.07, 6.45) is 3.27. The molecule has 2 aliphatic heterocycles. The number of hydrogen-bond acceptors (Lipinski definition) is 6. The fraction of sp³-hybridized carbons (Fsp3) is 0.923. The first-order chi connectivity index (χ1) is 15.3. The summed E-state index contributed by atoms with van der Waals surface area (Å²) in [7, 11) is 0. The van der Waals surface area contributed by atoms with Gasteiger partial charge in [-0.3, -0.25) is 9.59 Å². The zero-order valence-corrected chi connectivity index (χ0v) is 22.3. The number of rotatable bonds is 4. The molecule has 3 fully saturated rings. The van der Waals surface area contributed by atoms with E-state index in [4.69, 9.17) is 0 Å². The lowest BCUT2D eigenvalue weighted by Gasteiger charge is -2.61. The largest absolute Gasteiger partial charge is 0.481 e. The molecule has 2 heterocycles. The van der Waals surface area contributed by atoms with E-state index < -0.39 is 45.4 Å². The monoisotopic (exact) mass is 482 g/mol. The molecule has 3 aliphatic rings. The van der Waals surface area contributed by atoms with Gasteiger partial charge in [0.2, 0.25) is 0 Å². The van der Waals surface area contributed by atoms with Gasteiger partial charge in [0.1, 0.15) is 0 Å². The Labute approximate surface area is 204 Å². The predicted molar refractivity (Wildman–Crippen MR) is 128 cm³/mol. The Morgan fingerprint density at radius 2 is 1.15 bits per heavy atom. The molecule has 3 atom stereocenters. The number of carboxylic acid groups (broad SMARTS) is 2. The second kappa shape index (κ2) is 8.43. The third-order valence-corrected chi connectivity index (χ3v) is 9.46. The van der Waals surface area contributed by atoms with Crippen molar-refractivity contribution in [1.29, 1.82) is 0 Å². The maximum Gasteiger partial charge on any atom is 0.310 e. The highest BCUT2D eigenvalue weighted by molar-refractivity contribution is 5.77. The van der Waals surface area contributed by atoms with Crippen molar-refractivity contribution in [1.82, 2.24) is 10.1 Å². The zero-order valence-electron chi connectivity index (χ0n) is 22.3. The topological polar surface area (TPSA) is 122 Å². The van der Waals surface area contributed by atoms with Crippen LogP contribution in [0.5, 0.6) is 0 Å². The molecule has 1 saturated carbocycles. The van der Waals surface area contributed by atoms with Gasteiger partial charge in [0.05, 0.1) is 11.3 Å². The molecule has 34 heavy (non-hydrogen) atoms. The van der Waals surface area contributed by atoms with Gasteiger partial charge in [0.25, 0.3) is 0 Å². The van der Waals surface area contributed by atoms with Crippen molar-refractivity contribution < 1.29 is 30.2 Å². The van der Waals surface area contributed by atoms with Gasteiger partial charge < -0.3 is 20.6 Å². The fourth-order valence-corrected chi connectivity index (χ4v) is 8.28. The summed E-state index contributed by atoms with van der Waals surface area (Å²) in [5, 5.41) is 45.3. The molecule has 3 rings (SSSR count). The van der Waals surface area contributed by atoms with E-state index in [2.05, 4.69) is 0 Å². The van der Waals surface area contributed by atoms with Gasteiger partial charge in [0.15, 0.2) is 0 Å². The van der Waals surface area contributed by atoms with Crippen molar-refractivity contribution in [3.05, 3.63) is 0 Å². The molecule has 0 aromatic rings. The molecular formula is C26H46N2O6. The van der Waals surface area contributed by atoms with Crippen LogP contribution in [0, 0.1) is 29.1 Å². The standard InChI is InChI=1S/C26H46N2O6/c1-22(2)12-17(13-23(3,4)27(22)33)19-11-16(20(29)30)9-10-26(19,21(31)32)18-14-24(5,6)28(34)25(7,8)15-18/h16-19,33-34H,9-15H2,1-8H3,(H,29,30)(H,31,32)/t16?,19-,26-/m0/s1. The maximum atomic E-state index is 13.3. The average Bonchev–Trinajstić information content (AvgIpc) is 2.68. The van der Waals surface area contributed by atoms with E-state index in [1.165, 1.54) is 10.1 Å². The van der Waals surface area contributed by atoms with Crippen molar-refractivity contribution in [2.45, 2.75) is 122 Å². The van der Waals surface area contributed by atoms with Crippen LogP contribution in [0.25, 0.3) is 0 Å². The van der Waals surface area contributed by atoms with Crippen LogP contribution in [0.3, 0.4) is 0 Å². The molecule has 8 nitrogen and oxygen atoms in total. The highest BCUT2D eigenvalue weighted by Gasteiger charge is 2.62. The summed E-state index contributed by atoms with van der Waals surface area (Å²) < 4.78 is 0. The summed E-state index contributed by atoms with van der Waals surface area (Å²) in [4.78, 5) is 25.4. The third kappa shape index (κ3) is 4.40. The first kappa shape index (κ1) is 27.4. The van der Waals surface area contributed by atoms with Crippen LogP contribution in [-0.2, 0) is 9.59 Å². The minimum atomic E-state index is -1.07. The number of nitrogens with zero attached hydrogens (tertiary/aromatic N) is 2. The van der Waals surface area contributed by atoms with Gasteiger partial charge in [0, 0.05) is 22.2 Å². The quantitative estimate of drug-likeness (QED) is 0.447. The highest BCUT2D eigenvalue weighted by atomic mass is 16.5. The Kier molecular flexibility index (Phi) is 6.78. The van der Waals surface area contributed by atoms with Crippen molar-refractivity contribution in [2.24, 2.45) is 29.1 Å². The molecular weight excluding hydrogens is 436 g/mol. The Morgan fingerprint density at radius 1 is 0.735 bits per heavy atom. The van der Waals surface area contributed by atoms with Crippen molar-refractivity contribution in [3.8, 4) is 0 Å². The molecule has 8 heteroatoms.